The fourth-order valence-electron chi connectivity index (χ4n) is 2.65. The number of rotatable bonds is 3. The molecule has 1 aliphatic rings. The van der Waals surface area contributed by atoms with Gasteiger partial charge in [0.2, 0.25) is 15.9 Å². The molecule has 1 saturated heterocycles. The number of hydrogen-bond acceptors (Lipinski definition) is 3. The van der Waals surface area contributed by atoms with Crippen LogP contribution in [0.2, 0.25) is 0 Å². The van der Waals surface area contributed by atoms with Crippen molar-refractivity contribution in [2.45, 2.75) is 44.6 Å². The Morgan fingerprint density at radius 1 is 1.24 bits per heavy atom. The van der Waals surface area contributed by atoms with Crippen LogP contribution in [0.4, 0.5) is 0 Å². The number of aryl methyl sites for hydroxylation is 2. The van der Waals surface area contributed by atoms with Gasteiger partial charge in [0, 0.05) is 12.6 Å². The molecule has 2 atom stereocenters. The van der Waals surface area contributed by atoms with Gasteiger partial charge in [-0.15, -0.1) is 0 Å². The SMILES string of the molecule is Cc1ccc(S(=O)(=O)N2C[C@H](C(N)=O)CC[C@@H]2C)cc1C. The molecule has 0 saturated carbocycles. The maximum absolute atomic E-state index is 12.8. The van der Waals surface area contributed by atoms with Crippen LogP contribution in [-0.4, -0.2) is 31.2 Å². The summed E-state index contributed by atoms with van der Waals surface area (Å²) < 4.78 is 27.0. The number of amides is 1. The van der Waals surface area contributed by atoms with Gasteiger partial charge in [-0.05, 0) is 56.9 Å². The van der Waals surface area contributed by atoms with Gasteiger partial charge in [-0.2, -0.15) is 4.31 Å². The van der Waals surface area contributed by atoms with Crippen LogP contribution < -0.4 is 5.73 Å². The maximum Gasteiger partial charge on any atom is 0.243 e. The van der Waals surface area contributed by atoms with Crippen molar-refractivity contribution in [3.63, 3.8) is 0 Å². The predicted octanol–water partition coefficient (Wildman–Crippen LogP) is 1.58. The molecular weight excluding hydrogens is 288 g/mol. The first-order valence-electron chi connectivity index (χ1n) is 7.12. The van der Waals surface area contributed by atoms with Crippen molar-refractivity contribution in [3.8, 4) is 0 Å². The Balaban J connectivity index is 2.36. The van der Waals surface area contributed by atoms with E-state index < -0.39 is 21.8 Å². The van der Waals surface area contributed by atoms with E-state index in [1.165, 1.54) is 4.31 Å². The summed E-state index contributed by atoms with van der Waals surface area (Å²) in [5, 5.41) is 0. The molecule has 1 aromatic carbocycles. The van der Waals surface area contributed by atoms with E-state index in [1.54, 1.807) is 12.1 Å². The van der Waals surface area contributed by atoms with Gasteiger partial charge >= 0.3 is 0 Å². The predicted molar refractivity (Wildman–Crippen MR) is 81.2 cm³/mol. The molecule has 6 heteroatoms. The summed E-state index contributed by atoms with van der Waals surface area (Å²) in [6.45, 7) is 5.88. The lowest BCUT2D eigenvalue weighted by Gasteiger charge is -2.35. The van der Waals surface area contributed by atoms with Crippen molar-refractivity contribution < 1.29 is 13.2 Å². The monoisotopic (exact) mass is 310 g/mol. The summed E-state index contributed by atoms with van der Waals surface area (Å²) in [5.41, 5.74) is 7.33. The molecule has 2 N–H and O–H groups in total. The fraction of sp³-hybridized carbons (Fsp3) is 0.533. The average Bonchev–Trinajstić information content (AvgIpc) is 2.41. The van der Waals surface area contributed by atoms with Crippen LogP contribution in [0.15, 0.2) is 23.1 Å². The lowest BCUT2D eigenvalue weighted by molar-refractivity contribution is -0.123. The maximum atomic E-state index is 12.8. The minimum Gasteiger partial charge on any atom is -0.369 e. The van der Waals surface area contributed by atoms with E-state index in [9.17, 15) is 13.2 Å². The highest BCUT2D eigenvalue weighted by Crippen LogP contribution is 2.28. The first kappa shape index (κ1) is 16.0. The van der Waals surface area contributed by atoms with Crippen molar-refractivity contribution >= 4 is 15.9 Å². The second-order valence-corrected chi connectivity index (χ2v) is 7.74. The third-order valence-corrected chi connectivity index (χ3v) is 6.29. The number of carbonyl (C=O) groups excluding carboxylic acids is 1. The Kier molecular flexibility index (Phi) is 4.39. The summed E-state index contributed by atoms with van der Waals surface area (Å²) >= 11 is 0. The molecule has 1 aromatic rings. The van der Waals surface area contributed by atoms with Gasteiger partial charge in [0.15, 0.2) is 0 Å². The lowest BCUT2D eigenvalue weighted by Crippen LogP contribution is -2.48. The van der Waals surface area contributed by atoms with Crippen molar-refractivity contribution in [2.24, 2.45) is 11.7 Å². The van der Waals surface area contributed by atoms with E-state index in [2.05, 4.69) is 0 Å². The van der Waals surface area contributed by atoms with E-state index >= 15 is 0 Å². The van der Waals surface area contributed by atoms with Crippen molar-refractivity contribution in [1.29, 1.82) is 0 Å². The Hall–Kier alpha value is -1.40. The van der Waals surface area contributed by atoms with Gasteiger partial charge in [-0.25, -0.2) is 8.42 Å². The summed E-state index contributed by atoms with van der Waals surface area (Å²) in [6.07, 6.45) is 1.30. The molecule has 1 amide bonds. The standard InChI is InChI=1S/C15H22N2O3S/c1-10-4-7-14(8-11(10)2)21(19,20)17-9-13(15(16)18)6-5-12(17)3/h4,7-8,12-13H,5-6,9H2,1-3H3,(H2,16,18)/t12-,13+/m0/s1. The molecule has 0 aromatic heterocycles. The number of benzene rings is 1. The molecule has 1 aliphatic heterocycles. The van der Waals surface area contributed by atoms with Crippen LogP contribution in [0.25, 0.3) is 0 Å². The molecule has 1 heterocycles. The molecule has 0 radical (unpaired) electrons. The topological polar surface area (TPSA) is 80.5 Å². The highest BCUT2D eigenvalue weighted by Gasteiger charge is 2.36. The van der Waals surface area contributed by atoms with Crippen molar-refractivity contribution in [2.75, 3.05) is 6.54 Å². The molecule has 1 fully saturated rings. The summed E-state index contributed by atoms with van der Waals surface area (Å²) in [6, 6.07) is 5.00. The smallest absolute Gasteiger partial charge is 0.243 e. The van der Waals surface area contributed by atoms with Gasteiger partial charge in [0.25, 0.3) is 0 Å². The quantitative estimate of drug-likeness (QED) is 0.920. The molecule has 5 nitrogen and oxygen atoms in total. The minimum absolute atomic E-state index is 0.118. The highest BCUT2D eigenvalue weighted by atomic mass is 32.2. The number of nitrogens with two attached hydrogens (primary N) is 1. The first-order valence-corrected chi connectivity index (χ1v) is 8.56. The van der Waals surface area contributed by atoms with Crippen LogP contribution in [0.5, 0.6) is 0 Å². The van der Waals surface area contributed by atoms with Crippen LogP contribution in [0.3, 0.4) is 0 Å². The fourth-order valence-corrected chi connectivity index (χ4v) is 4.44. The van der Waals surface area contributed by atoms with Gasteiger partial charge in [-0.3, -0.25) is 4.79 Å². The van der Waals surface area contributed by atoms with Crippen molar-refractivity contribution in [3.05, 3.63) is 29.3 Å². The van der Waals surface area contributed by atoms with E-state index in [1.807, 2.05) is 26.8 Å². The van der Waals surface area contributed by atoms with E-state index in [0.29, 0.717) is 12.8 Å². The number of sulfonamides is 1. The number of piperidine rings is 1. The van der Waals surface area contributed by atoms with Gasteiger partial charge in [0.1, 0.15) is 0 Å². The third kappa shape index (κ3) is 3.11. The van der Waals surface area contributed by atoms with Gasteiger partial charge < -0.3 is 5.73 Å². The van der Waals surface area contributed by atoms with Crippen LogP contribution >= 0.6 is 0 Å². The van der Waals surface area contributed by atoms with Crippen molar-refractivity contribution in [1.82, 2.24) is 4.31 Å². The molecule has 2 rings (SSSR count). The minimum atomic E-state index is -3.59. The Labute approximate surface area is 126 Å². The summed E-state index contributed by atoms with van der Waals surface area (Å²) in [7, 11) is -3.59. The molecule has 21 heavy (non-hydrogen) atoms. The molecule has 0 bridgehead atoms. The molecule has 0 unspecified atom stereocenters. The van der Waals surface area contributed by atoms with E-state index in [-0.39, 0.29) is 17.5 Å². The van der Waals surface area contributed by atoms with E-state index in [0.717, 1.165) is 11.1 Å². The van der Waals surface area contributed by atoms with Crippen LogP contribution in [-0.2, 0) is 14.8 Å². The van der Waals surface area contributed by atoms with E-state index in [4.69, 9.17) is 5.73 Å². The molecule has 0 spiro atoms. The molecular formula is C15H22N2O3S. The summed E-state index contributed by atoms with van der Waals surface area (Å²) in [4.78, 5) is 11.6. The Morgan fingerprint density at radius 2 is 1.90 bits per heavy atom. The zero-order valence-corrected chi connectivity index (χ0v) is 13.5. The highest BCUT2D eigenvalue weighted by molar-refractivity contribution is 7.89. The van der Waals surface area contributed by atoms with Gasteiger partial charge in [-0.1, -0.05) is 6.07 Å². The van der Waals surface area contributed by atoms with Crippen LogP contribution in [0, 0.1) is 19.8 Å². The number of hydrogen-bond donors (Lipinski definition) is 1. The average molecular weight is 310 g/mol. The second-order valence-electron chi connectivity index (χ2n) is 5.85. The Bertz CT molecular complexity index is 655. The van der Waals surface area contributed by atoms with Gasteiger partial charge in [0.05, 0.1) is 10.8 Å². The van der Waals surface area contributed by atoms with Crippen LogP contribution in [0.1, 0.15) is 30.9 Å². The number of primary amides is 1. The zero-order valence-electron chi connectivity index (χ0n) is 12.7. The normalized spacial score (nSPS) is 24.0. The largest absolute Gasteiger partial charge is 0.369 e. The lowest BCUT2D eigenvalue weighted by atomic mass is 9.95. The summed E-state index contributed by atoms with van der Waals surface area (Å²) in [5.74, 6) is -0.829. The third-order valence-electron chi connectivity index (χ3n) is 4.31. The zero-order chi connectivity index (χ0) is 15.8. The number of carbonyl (C=O) groups is 1. The second kappa shape index (κ2) is 5.77. The Morgan fingerprint density at radius 3 is 2.48 bits per heavy atom. The molecule has 116 valence electrons. The first-order chi connectivity index (χ1) is 9.73. The number of nitrogens with zero attached hydrogens (tertiary/aromatic N) is 1. The molecule has 0 aliphatic carbocycles.